The van der Waals surface area contributed by atoms with Crippen molar-refractivity contribution in [3.05, 3.63) is 89.5 Å². The maximum absolute atomic E-state index is 12.6. The van der Waals surface area contributed by atoms with Gasteiger partial charge in [-0.15, -0.1) is 10.2 Å². The van der Waals surface area contributed by atoms with Crippen molar-refractivity contribution in [1.29, 1.82) is 0 Å². The van der Waals surface area contributed by atoms with Gasteiger partial charge in [-0.05, 0) is 61.7 Å². The topological polar surface area (TPSA) is 82.3 Å². The minimum absolute atomic E-state index is 0.151. The molecule has 6 nitrogen and oxygen atoms in total. The van der Waals surface area contributed by atoms with Crippen molar-refractivity contribution in [1.82, 2.24) is 10.2 Å². The van der Waals surface area contributed by atoms with Crippen LogP contribution in [0.5, 0.6) is 5.75 Å². The molecule has 1 heterocycles. The van der Waals surface area contributed by atoms with Crippen LogP contribution in [0.2, 0.25) is 0 Å². The maximum Gasteiger partial charge on any atom is 0.343 e. The summed E-state index contributed by atoms with van der Waals surface area (Å²) >= 11 is 0. The SMILES string of the molecule is CCCCCCCCCc1ccc(-c2nnc(-c3cccc(OC(=O)c4ccccc4)c3C(C)=O)o2)cc1. The molecule has 0 aliphatic rings. The molecule has 4 rings (SSSR count). The molecule has 0 unspecified atom stereocenters. The second-order valence-corrected chi connectivity index (χ2v) is 9.47. The van der Waals surface area contributed by atoms with Crippen LogP contribution in [0.25, 0.3) is 22.9 Å². The molecule has 0 atom stereocenters. The highest BCUT2D eigenvalue weighted by molar-refractivity contribution is 6.04. The summed E-state index contributed by atoms with van der Waals surface area (Å²) in [5.41, 5.74) is 3.13. The molecule has 6 heteroatoms. The van der Waals surface area contributed by atoms with Crippen LogP contribution in [-0.4, -0.2) is 21.9 Å². The number of rotatable bonds is 13. The van der Waals surface area contributed by atoms with Crippen molar-refractivity contribution in [3.63, 3.8) is 0 Å². The Labute approximate surface area is 224 Å². The lowest BCUT2D eigenvalue weighted by Crippen LogP contribution is -2.11. The van der Waals surface area contributed by atoms with E-state index < -0.39 is 5.97 Å². The molecule has 0 radical (unpaired) electrons. The number of aryl methyl sites for hydroxylation is 1. The average Bonchev–Trinajstić information content (AvgIpc) is 3.43. The highest BCUT2D eigenvalue weighted by Crippen LogP contribution is 2.33. The second-order valence-electron chi connectivity index (χ2n) is 9.47. The van der Waals surface area contributed by atoms with Crippen molar-refractivity contribution in [2.75, 3.05) is 0 Å². The lowest BCUT2D eigenvalue weighted by Gasteiger charge is -2.11. The van der Waals surface area contributed by atoms with E-state index in [1.54, 1.807) is 42.5 Å². The molecule has 38 heavy (non-hydrogen) atoms. The van der Waals surface area contributed by atoms with E-state index >= 15 is 0 Å². The Balaban J connectivity index is 1.45. The molecule has 0 bridgehead atoms. The van der Waals surface area contributed by atoms with Crippen LogP contribution in [-0.2, 0) is 6.42 Å². The highest BCUT2D eigenvalue weighted by atomic mass is 16.5. The fourth-order valence-corrected chi connectivity index (χ4v) is 4.44. The summed E-state index contributed by atoms with van der Waals surface area (Å²) in [5, 5.41) is 8.39. The molecule has 0 N–H and O–H groups in total. The first-order chi connectivity index (χ1) is 18.6. The Morgan fingerprint density at radius 2 is 1.45 bits per heavy atom. The molecule has 196 valence electrons. The van der Waals surface area contributed by atoms with Gasteiger partial charge in [-0.2, -0.15) is 0 Å². The molecule has 1 aromatic heterocycles. The summed E-state index contributed by atoms with van der Waals surface area (Å²) in [6.07, 6.45) is 10.1. The quantitative estimate of drug-likeness (QED) is 0.0782. The number of carbonyl (C=O) groups excluding carboxylic acids is 2. The number of aromatic nitrogens is 2. The van der Waals surface area contributed by atoms with Crippen LogP contribution in [0, 0.1) is 0 Å². The van der Waals surface area contributed by atoms with Gasteiger partial charge in [0.15, 0.2) is 5.78 Å². The monoisotopic (exact) mass is 510 g/mol. The van der Waals surface area contributed by atoms with Crippen LogP contribution < -0.4 is 4.74 Å². The number of benzene rings is 3. The molecule has 0 aliphatic carbocycles. The highest BCUT2D eigenvalue weighted by Gasteiger charge is 2.22. The van der Waals surface area contributed by atoms with E-state index in [-0.39, 0.29) is 23.0 Å². The van der Waals surface area contributed by atoms with Gasteiger partial charge in [-0.25, -0.2) is 4.79 Å². The molecular formula is C32H34N2O4. The van der Waals surface area contributed by atoms with Crippen molar-refractivity contribution in [2.24, 2.45) is 0 Å². The molecule has 4 aromatic rings. The normalized spacial score (nSPS) is 10.9. The fraction of sp³-hybridized carbons (Fsp3) is 0.312. The predicted molar refractivity (Wildman–Crippen MR) is 148 cm³/mol. The lowest BCUT2D eigenvalue weighted by atomic mass is 10.0. The number of ketones is 1. The smallest absolute Gasteiger partial charge is 0.343 e. The zero-order valence-electron chi connectivity index (χ0n) is 22.1. The number of esters is 1. The molecule has 3 aromatic carbocycles. The first-order valence-corrected chi connectivity index (χ1v) is 13.4. The Hall–Kier alpha value is -4.06. The number of unbranched alkanes of at least 4 members (excludes halogenated alkanes) is 6. The largest absolute Gasteiger partial charge is 0.422 e. The van der Waals surface area contributed by atoms with E-state index in [0.29, 0.717) is 17.0 Å². The van der Waals surface area contributed by atoms with E-state index in [1.165, 1.54) is 57.4 Å². The van der Waals surface area contributed by atoms with E-state index in [9.17, 15) is 9.59 Å². The van der Waals surface area contributed by atoms with Crippen molar-refractivity contribution in [2.45, 2.75) is 65.2 Å². The average molecular weight is 511 g/mol. The number of hydrogen-bond acceptors (Lipinski definition) is 6. The molecule has 0 fully saturated rings. The van der Waals surface area contributed by atoms with Crippen LogP contribution >= 0.6 is 0 Å². The van der Waals surface area contributed by atoms with Gasteiger partial charge in [0.1, 0.15) is 5.75 Å². The third kappa shape index (κ3) is 7.03. The van der Waals surface area contributed by atoms with E-state index in [4.69, 9.17) is 9.15 Å². The molecular weight excluding hydrogens is 476 g/mol. The summed E-state index contributed by atoms with van der Waals surface area (Å²) in [5.74, 6) is -0.115. The lowest BCUT2D eigenvalue weighted by molar-refractivity contribution is 0.0733. The van der Waals surface area contributed by atoms with Gasteiger partial charge in [0, 0.05) is 5.56 Å². The van der Waals surface area contributed by atoms with Crippen molar-refractivity contribution >= 4 is 11.8 Å². The molecule has 0 saturated carbocycles. The first-order valence-electron chi connectivity index (χ1n) is 13.4. The summed E-state index contributed by atoms with van der Waals surface area (Å²) in [4.78, 5) is 25.2. The molecule has 0 aliphatic heterocycles. The van der Waals surface area contributed by atoms with Gasteiger partial charge < -0.3 is 9.15 Å². The van der Waals surface area contributed by atoms with Gasteiger partial charge in [-0.3, -0.25) is 4.79 Å². The molecule has 0 spiro atoms. The zero-order chi connectivity index (χ0) is 26.7. The van der Waals surface area contributed by atoms with Crippen LogP contribution in [0.15, 0.2) is 77.2 Å². The Morgan fingerprint density at radius 1 is 0.763 bits per heavy atom. The Morgan fingerprint density at radius 3 is 2.16 bits per heavy atom. The molecule has 0 saturated heterocycles. The van der Waals surface area contributed by atoms with Gasteiger partial charge in [-0.1, -0.05) is 81.8 Å². The summed E-state index contributed by atoms with van der Waals surface area (Å²) in [6.45, 7) is 3.66. The summed E-state index contributed by atoms with van der Waals surface area (Å²) < 4.78 is 11.5. The minimum atomic E-state index is -0.548. The van der Waals surface area contributed by atoms with Gasteiger partial charge in [0.25, 0.3) is 0 Å². The number of ether oxygens (including phenoxy) is 1. The third-order valence-corrected chi connectivity index (χ3v) is 6.52. The summed E-state index contributed by atoms with van der Waals surface area (Å²) in [7, 11) is 0. The van der Waals surface area contributed by atoms with E-state index in [0.717, 1.165) is 12.0 Å². The van der Waals surface area contributed by atoms with Crippen molar-refractivity contribution < 1.29 is 18.7 Å². The van der Waals surface area contributed by atoms with Gasteiger partial charge >= 0.3 is 5.97 Å². The first kappa shape index (κ1) is 27.0. The maximum atomic E-state index is 12.6. The van der Waals surface area contributed by atoms with Crippen molar-refractivity contribution in [3.8, 4) is 28.7 Å². The zero-order valence-corrected chi connectivity index (χ0v) is 22.1. The number of Topliss-reactive ketones (excluding diaryl/α,β-unsaturated/α-hetero) is 1. The second kappa shape index (κ2) is 13.5. The van der Waals surface area contributed by atoms with E-state index in [2.05, 4.69) is 29.3 Å². The molecule has 0 amide bonds. The number of nitrogens with zero attached hydrogens (tertiary/aromatic N) is 2. The standard InChI is InChI=1S/C32H34N2O4/c1-3-4-5-6-7-8-10-14-24-19-21-25(22-20-24)30-33-34-31(38-30)27-17-13-18-28(29(27)23(2)35)37-32(36)26-15-11-9-12-16-26/h9,11-13,15-22H,3-8,10,14H2,1-2H3. The van der Waals surface area contributed by atoms with E-state index in [1.807, 2.05) is 18.2 Å². The Bertz CT molecular complexity index is 1340. The van der Waals surface area contributed by atoms with Crippen LogP contribution in [0.3, 0.4) is 0 Å². The predicted octanol–water partition coefficient (Wildman–Crippen LogP) is 8.12. The Kier molecular flexibility index (Phi) is 9.57. The number of carbonyl (C=O) groups is 2. The summed E-state index contributed by atoms with van der Waals surface area (Å²) in [6, 6.07) is 21.8. The minimum Gasteiger partial charge on any atom is -0.422 e. The van der Waals surface area contributed by atoms with Gasteiger partial charge in [0.05, 0.1) is 16.7 Å². The van der Waals surface area contributed by atoms with Gasteiger partial charge in [0.2, 0.25) is 11.8 Å². The van der Waals surface area contributed by atoms with Crippen LogP contribution in [0.4, 0.5) is 0 Å². The fourth-order valence-electron chi connectivity index (χ4n) is 4.44. The number of hydrogen-bond donors (Lipinski definition) is 0. The van der Waals surface area contributed by atoms with Crippen LogP contribution in [0.1, 0.15) is 85.1 Å². The third-order valence-electron chi connectivity index (χ3n) is 6.52.